The Labute approximate surface area is 201 Å². The summed E-state index contributed by atoms with van der Waals surface area (Å²) < 4.78 is 28.6. The van der Waals surface area contributed by atoms with Crippen LogP contribution < -0.4 is 5.43 Å². The Hall–Kier alpha value is -2.53. The first-order valence-corrected chi connectivity index (χ1v) is 13.6. The SMILES string of the molecule is CCN(CC)C(=O)[C@@H]1CCCN(S(=O)(=O)c2cc([N+](=O)[O-])ccc2NN=C2CCCCCC2)C1. The first-order valence-electron chi connectivity index (χ1n) is 12.2. The van der Waals surface area contributed by atoms with Crippen LogP contribution in [0.1, 0.15) is 65.2 Å². The molecule has 0 aromatic heterocycles. The van der Waals surface area contributed by atoms with E-state index in [0.717, 1.165) is 50.3 Å². The second-order valence-electron chi connectivity index (χ2n) is 8.85. The molecule has 3 rings (SSSR count). The van der Waals surface area contributed by atoms with Crippen LogP contribution in [0.2, 0.25) is 0 Å². The maximum absolute atomic E-state index is 13.7. The second-order valence-corrected chi connectivity index (χ2v) is 10.8. The van der Waals surface area contributed by atoms with Crippen molar-refractivity contribution in [3.8, 4) is 0 Å². The molecule has 0 radical (unpaired) electrons. The van der Waals surface area contributed by atoms with Gasteiger partial charge < -0.3 is 4.90 Å². The van der Waals surface area contributed by atoms with Gasteiger partial charge in [0.05, 0.1) is 16.5 Å². The van der Waals surface area contributed by atoms with Gasteiger partial charge in [0.1, 0.15) is 4.90 Å². The third kappa shape index (κ3) is 6.12. The molecule has 0 bridgehead atoms. The number of rotatable bonds is 8. The molecule has 1 aromatic rings. The van der Waals surface area contributed by atoms with E-state index in [-0.39, 0.29) is 35.3 Å². The van der Waals surface area contributed by atoms with Crippen molar-refractivity contribution in [2.75, 3.05) is 31.6 Å². The van der Waals surface area contributed by atoms with Gasteiger partial charge in [-0.25, -0.2) is 8.42 Å². The Balaban J connectivity index is 1.90. The van der Waals surface area contributed by atoms with Crippen LogP contribution in [0.4, 0.5) is 11.4 Å². The number of anilines is 1. The van der Waals surface area contributed by atoms with E-state index in [1.54, 1.807) is 4.90 Å². The molecular formula is C23H35N5O5S. The predicted molar refractivity (Wildman–Crippen MR) is 131 cm³/mol. The van der Waals surface area contributed by atoms with Crippen molar-refractivity contribution in [1.29, 1.82) is 0 Å². The first kappa shape index (κ1) is 26.1. The van der Waals surface area contributed by atoms with Gasteiger partial charge >= 0.3 is 0 Å². The maximum Gasteiger partial charge on any atom is 0.270 e. The van der Waals surface area contributed by atoms with Crippen LogP contribution in [-0.4, -0.2) is 60.3 Å². The molecule has 1 atom stereocenters. The predicted octanol–water partition coefficient (Wildman–Crippen LogP) is 3.99. The Morgan fingerprint density at radius 2 is 1.85 bits per heavy atom. The number of nitro benzene ring substituents is 1. The maximum atomic E-state index is 13.7. The summed E-state index contributed by atoms with van der Waals surface area (Å²) in [5, 5.41) is 15.8. The fourth-order valence-electron chi connectivity index (χ4n) is 4.61. The molecule has 1 saturated carbocycles. The van der Waals surface area contributed by atoms with E-state index in [0.29, 0.717) is 25.9 Å². The molecule has 1 amide bonds. The van der Waals surface area contributed by atoms with Gasteiger partial charge in [0.15, 0.2) is 0 Å². The van der Waals surface area contributed by atoms with Crippen LogP contribution in [0.25, 0.3) is 0 Å². The standard InChI is InChI=1S/C23H35N5O5S/c1-3-26(4-2)23(29)18-10-9-15-27(17-18)34(32,33)22-16-20(28(30)31)13-14-21(22)25-24-19-11-7-5-6-8-12-19/h13-14,16,18,25H,3-12,15,17H2,1-2H3/t18-/m1/s1. The lowest BCUT2D eigenvalue weighted by molar-refractivity contribution is -0.385. The van der Waals surface area contributed by atoms with Gasteiger partial charge in [-0.1, -0.05) is 12.8 Å². The summed E-state index contributed by atoms with van der Waals surface area (Å²) in [6, 6.07) is 3.76. The number of sulfonamides is 1. The summed E-state index contributed by atoms with van der Waals surface area (Å²) >= 11 is 0. The monoisotopic (exact) mass is 493 g/mol. The average Bonchev–Trinajstić information content (AvgIpc) is 3.12. The van der Waals surface area contributed by atoms with Crippen molar-refractivity contribution in [3.63, 3.8) is 0 Å². The number of hydrogen-bond donors (Lipinski definition) is 1. The molecule has 1 aliphatic carbocycles. The van der Waals surface area contributed by atoms with Crippen molar-refractivity contribution in [2.24, 2.45) is 11.0 Å². The second kappa shape index (κ2) is 11.7. The van der Waals surface area contributed by atoms with Gasteiger partial charge in [0.2, 0.25) is 15.9 Å². The third-order valence-corrected chi connectivity index (χ3v) is 8.52. The van der Waals surface area contributed by atoms with Crippen molar-refractivity contribution in [3.05, 3.63) is 28.3 Å². The molecule has 0 unspecified atom stereocenters. The molecule has 2 fully saturated rings. The zero-order valence-corrected chi connectivity index (χ0v) is 20.8. The summed E-state index contributed by atoms with van der Waals surface area (Å²) in [5.74, 6) is -0.480. The molecule has 10 nitrogen and oxygen atoms in total. The van der Waals surface area contributed by atoms with Crippen LogP contribution in [0.5, 0.6) is 0 Å². The summed E-state index contributed by atoms with van der Waals surface area (Å²) in [6.45, 7) is 5.26. The molecule has 0 spiro atoms. The van der Waals surface area contributed by atoms with E-state index in [1.165, 1.54) is 16.4 Å². The van der Waals surface area contributed by atoms with Crippen LogP contribution in [0.3, 0.4) is 0 Å². The fourth-order valence-corrected chi connectivity index (χ4v) is 6.30. The van der Waals surface area contributed by atoms with Crippen molar-refractivity contribution in [1.82, 2.24) is 9.21 Å². The topological polar surface area (TPSA) is 125 Å². The van der Waals surface area contributed by atoms with Crippen LogP contribution in [-0.2, 0) is 14.8 Å². The number of carbonyl (C=O) groups is 1. The van der Waals surface area contributed by atoms with Gasteiger partial charge in [-0.15, -0.1) is 0 Å². The quantitative estimate of drug-likeness (QED) is 0.332. The molecule has 1 heterocycles. The van der Waals surface area contributed by atoms with Crippen LogP contribution in [0, 0.1) is 16.0 Å². The van der Waals surface area contributed by atoms with Gasteiger partial charge in [0, 0.05) is 44.0 Å². The largest absolute Gasteiger partial charge is 0.343 e. The highest BCUT2D eigenvalue weighted by Gasteiger charge is 2.36. The van der Waals surface area contributed by atoms with E-state index in [1.807, 2.05) is 13.8 Å². The Morgan fingerprint density at radius 1 is 1.18 bits per heavy atom. The molecule has 2 aliphatic rings. The molecule has 188 valence electrons. The third-order valence-electron chi connectivity index (χ3n) is 6.62. The molecule has 11 heteroatoms. The lowest BCUT2D eigenvalue weighted by Gasteiger charge is -2.34. The summed E-state index contributed by atoms with van der Waals surface area (Å²) in [4.78, 5) is 25.2. The molecule has 1 aliphatic heterocycles. The molecule has 1 aromatic carbocycles. The lowest BCUT2D eigenvalue weighted by atomic mass is 9.98. The smallest absolute Gasteiger partial charge is 0.270 e. The fraction of sp³-hybridized carbons (Fsp3) is 0.652. The number of benzene rings is 1. The summed E-state index contributed by atoms with van der Waals surface area (Å²) in [7, 11) is -4.09. The minimum absolute atomic E-state index is 0.0537. The zero-order valence-electron chi connectivity index (χ0n) is 20.0. The van der Waals surface area contributed by atoms with E-state index >= 15 is 0 Å². The van der Waals surface area contributed by atoms with E-state index in [4.69, 9.17) is 0 Å². The number of carbonyl (C=O) groups excluding carboxylic acids is 1. The van der Waals surface area contributed by atoms with E-state index in [2.05, 4.69) is 10.5 Å². The first-order chi connectivity index (χ1) is 16.3. The highest BCUT2D eigenvalue weighted by molar-refractivity contribution is 7.89. The van der Waals surface area contributed by atoms with E-state index < -0.39 is 20.9 Å². The Bertz CT molecular complexity index is 1010. The lowest BCUT2D eigenvalue weighted by Crippen LogP contribution is -2.46. The number of amides is 1. The normalized spacial score (nSPS) is 19.8. The number of non-ortho nitro benzene ring substituents is 1. The Morgan fingerprint density at radius 3 is 2.47 bits per heavy atom. The Kier molecular flexibility index (Phi) is 9.01. The van der Waals surface area contributed by atoms with Crippen molar-refractivity contribution >= 4 is 33.0 Å². The minimum Gasteiger partial charge on any atom is -0.343 e. The van der Waals surface area contributed by atoms with Crippen LogP contribution >= 0.6 is 0 Å². The number of hydrazone groups is 1. The summed E-state index contributed by atoms with van der Waals surface area (Å²) in [5.41, 5.74) is 3.75. The molecule has 34 heavy (non-hydrogen) atoms. The van der Waals surface area contributed by atoms with Gasteiger partial charge in [0.25, 0.3) is 5.69 Å². The molecular weight excluding hydrogens is 458 g/mol. The average molecular weight is 494 g/mol. The van der Waals surface area contributed by atoms with Gasteiger partial charge in [-0.2, -0.15) is 9.41 Å². The number of hydrogen-bond acceptors (Lipinski definition) is 7. The minimum atomic E-state index is -4.09. The van der Waals surface area contributed by atoms with Crippen molar-refractivity contribution < 1.29 is 18.1 Å². The number of nitrogens with zero attached hydrogens (tertiary/aromatic N) is 4. The highest BCUT2D eigenvalue weighted by atomic mass is 32.2. The van der Waals surface area contributed by atoms with Crippen molar-refractivity contribution in [2.45, 2.75) is 70.1 Å². The highest BCUT2D eigenvalue weighted by Crippen LogP contribution is 2.32. The van der Waals surface area contributed by atoms with Crippen LogP contribution in [0.15, 0.2) is 28.2 Å². The number of nitrogens with one attached hydrogen (secondary N) is 1. The van der Waals surface area contributed by atoms with Gasteiger partial charge in [-0.3, -0.25) is 20.3 Å². The zero-order chi connectivity index (χ0) is 24.7. The molecule has 1 N–H and O–H groups in total. The van der Waals surface area contributed by atoms with Gasteiger partial charge in [-0.05, 0) is 58.4 Å². The summed E-state index contributed by atoms with van der Waals surface area (Å²) in [6.07, 6.45) is 7.26. The molecule has 1 saturated heterocycles. The number of piperidine rings is 1. The van der Waals surface area contributed by atoms with E-state index in [9.17, 15) is 23.3 Å². The number of nitro groups is 1.